The first kappa shape index (κ1) is 31.4. The van der Waals surface area contributed by atoms with Gasteiger partial charge in [-0.15, -0.1) is 12.4 Å². The minimum absolute atomic E-state index is 0. The Kier molecular flexibility index (Phi) is 12.4. The number of hydrogen-bond donors (Lipinski definition) is 1. The molecular weight excluding hydrogens is 515 g/mol. The predicted octanol–water partition coefficient (Wildman–Crippen LogP) is 8.05. The summed E-state index contributed by atoms with van der Waals surface area (Å²) in [5.41, 5.74) is 8.07. The van der Waals surface area contributed by atoms with E-state index in [2.05, 4.69) is 60.3 Å². The highest BCUT2D eigenvalue weighted by molar-refractivity contribution is 6.30. The molecule has 4 nitrogen and oxygen atoms in total. The van der Waals surface area contributed by atoms with Gasteiger partial charge in [-0.2, -0.15) is 0 Å². The zero-order valence-corrected chi connectivity index (χ0v) is 24.7. The molecule has 0 amide bonds. The van der Waals surface area contributed by atoms with Crippen LogP contribution >= 0.6 is 24.0 Å². The van der Waals surface area contributed by atoms with Crippen molar-refractivity contribution in [3.05, 3.63) is 99.6 Å². The summed E-state index contributed by atoms with van der Waals surface area (Å²) in [6.45, 7) is 7.64. The SMILES string of the molecule is CC(=O)c1ccc(O)c(CC=C(C)C)c1.CN(C)CCCN1c2ccccc2CCc2ccc(Cl)cc21.Cl. The lowest BCUT2D eigenvalue weighted by atomic mass is 10.0. The van der Waals surface area contributed by atoms with E-state index in [0.717, 1.165) is 42.9 Å². The smallest absolute Gasteiger partial charge is 0.159 e. The number of aryl methyl sites for hydroxylation is 2. The van der Waals surface area contributed by atoms with Gasteiger partial charge >= 0.3 is 0 Å². The second-order valence-corrected chi connectivity index (χ2v) is 10.5. The number of allylic oxidation sites excluding steroid dienone is 2. The average molecular weight is 556 g/mol. The highest BCUT2D eigenvalue weighted by Crippen LogP contribution is 2.37. The summed E-state index contributed by atoms with van der Waals surface area (Å²) in [6.07, 6.45) is 5.99. The summed E-state index contributed by atoms with van der Waals surface area (Å²) in [5.74, 6) is 0.269. The van der Waals surface area contributed by atoms with E-state index in [1.807, 2.05) is 26.0 Å². The van der Waals surface area contributed by atoms with Crippen molar-refractivity contribution in [1.29, 1.82) is 0 Å². The summed E-state index contributed by atoms with van der Waals surface area (Å²) >= 11 is 6.27. The van der Waals surface area contributed by atoms with Crippen LogP contribution in [0.1, 0.15) is 54.2 Å². The Hall–Kier alpha value is -2.79. The van der Waals surface area contributed by atoms with Gasteiger partial charge in [0.2, 0.25) is 0 Å². The molecule has 0 unspecified atom stereocenters. The van der Waals surface area contributed by atoms with Crippen LogP contribution in [-0.2, 0) is 19.3 Å². The standard InChI is InChI=1S/C19H23ClN2.C13H16O2.ClH/c1-21(2)12-5-13-22-18-7-4-3-6-15(18)8-9-16-10-11-17(20)14-19(16)22;1-9(2)4-5-12-8-11(10(3)14)6-7-13(12)15;/h3-4,6-7,10-11,14H,5,8-9,12-13H2,1-2H3;4,6-8,15H,5H2,1-3H3;1H. The van der Waals surface area contributed by atoms with Gasteiger partial charge in [0.15, 0.2) is 5.78 Å². The molecule has 1 N–H and O–H groups in total. The van der Waals surface area contributed by atoms with Crippen molar-refractivity contribution in [1.82, 2.24) is 4.90 Å². The van der Waals surface area contributed by atoms with Gasteiger partial charge in [-0.25, -0.2) is 0 Å². The number of fused-ring (bicyclic) bond motifs is 2. The monoisotopic (exact) mass is 554 g/mol. The lowest BCUT2D eigenvalue weighted by Gasteiger charge is -2.27. The van der Waals surface area contributed by atoms with Crippen molar-refractivity contribution in [2.45, 2.75) is 46.5 Å². The fraction of sp³-hybridized carbons (Fsp3) is 0.344. The van der Waals surface area contributed by atoms with E-state index in [0.29, 0.717) is 12.0 Å². The number of carbonyl (C=O) groups excluding carboxylic acids is 1. The van der Waals surface area contributed by atoms with E-state index in [1.165, 1.54) is 35.0 Å². The molecule has 0 saturated heterocycles. The largest absolute Gasteiger partial charge is 0.508 e. The van der Waals surface area contributed by atoms with Crippen LogP contribution in [0, 0.1) is 0 Å². The molecule has 3 aromatic carbocycles. The molecule has 0 spiro atoms. The summed E-state index contributed by atoms with van der Waals surface area (Å²) in [7, 11) is 4.25. The molecule has 1 aliphatic heterocycles. The molecule has 204 valence electrons. The molecule has 0 atom stereocenters. The van der Waals surface area contributed by atoms with E-state index in [-0.39, 0.29) is 23.9 Å². The highest BCUT2D eigenvalue weighted by Gasteiger charge is 2.20. The van der Waals surface area contributed by atoms with Crippen molar-refractivity contribution in [2.24, 2.45) is 0 Å². The van der Waals surface area contributed by atoms with Crippen molar-refractivity contribution in [2.75, 3.05) is 32.1 Å². The molecule has 6 heteroatoms. The number of hydrogen-bond acceptors (Lipinski definition) is 4. The number of halogens is 2. The van der Waals surface area contributed by atoms with Crippen molar-refractivity contribution in [3.63, 3.8) is 0 Å². The zero-order chi connectivity index (χ0) is 26.9. The maximum absolute atomic E-state index is 11.1. The van der Waals surface area contributed by atoms with E-state index in [9.17, 15) is 9.90 Å². The number of rotatable bonds is 7. The van der Waals surface area contributed by atoms with Crippen molar-refractivity contribution in [3.8, 4) is 5.75 Å². The number of carbonyl (C=O) groups is 1. The molecule has 4 rings (SSSR count). The number of phenols is 1. The minimum Gasteiger partial charge on any atom is -0.508 e. The second kappa shape index (κ2) is 15.0. The van der Waals surface area contributed by atoms with Gasteiger partial charge in [0, 0.05) is 28.5 Å². The Labute approximate surface area is 239 Å². The second-order valence-electron chi connectivity index (χ2n) is 10.1. The molecule has 0 bridgehead atoms. The van der Waals surface area contributed by atoms with Crippen LogP contribution in [0.25, 0.3) is 0 Å². The molecule has 0 aliphatic carbocycles. The first-order chi connectivity index (χ1) is 17.7. The van der Waals surface area contributed by atoms with Gasteiger partial charge in [0.25, 0.3) is 0 Å². The molecule has 0 aromatic heterocycles. The fourth-order valence-electron chi connectivity index (χ4n) is 4.45. The number of benzene rings is 3. The van der Waals surface area contributed by atoms with Crippen molar-refractivity contribution >= 4 is 41.2 Å². The molecule has 0 fully saturated rings. The van der Waals surface area contributed by atoms with Crippen LogP contribution in [-0.4, -0.2) is 43.0 Å². The van der Waals surface area contributed by atoms with Crippen LogP contribution in [0.15, 0.2) is 72.3 Å². The Bertz CT molecular complexity index is 1250. The third-order valence-corrected chi connectivity index (χ3v) is 6.72. The highest BCUT2D eigenvalue weighted by atomic mass is 35.5. The number of Topliss-reactive ketones (excluding diaryl/α,β-unsaturated/α-hetero) is 1. The van der Waals surface area contributed by atoms with Crippen LogP contribution in [0.4, 0.5) is 11.4 Å². The van der Waals surface area contributed by atoms with Gasteiger partial charge < -0.3 is 14.9 Å². The van der Waals surface area contributed by atoms with E-state index in [4.69, 9.17) is 11.6 Å². The lowest BCUT2D eigenvalue weighted by Crippen LogP contribution is -2.24. The number of phenolic OH excluding ortho intramolecular Hbond substituents is 1. The number of anilines is 2. The number of ketones is 1. The van der Waals surface area contributed by atoms with Crippen LogP contribution in [0.5, 0.6) is 5.75 Å². The lowest BCUT2D eigenvalue weighted by molar-refractivity contribution is 0.101. The van der Waals surface area contributed by atoms with Crippen LogP contribution < -0.4 is 4.90 Å². The number of nitrogens with zero attached hydrogens (tertiary/aromatic N) is 2. The predicted molar refractivity (Wildman–Crippen MR) is 164 cm³/mol. The Balaban J connectivity index is 0.000000280. The van der Waals surface area contributed by atoms with Crippen molar-refractivity contribution < 1.29 is 9.90 Å². The van der Waals surface area contributed by atoms with Gasteiger partial charge in [0.05, 0.1) is 0 Å². The number of para-hydroxylation sites is 1. The van der Waals surface area contributed by atoms with E-state index >= 15 is 0 Å². The summed E-state index contributed by atoms with van der Waals surface area (Å²) in [6, 6.07) is 20.0. The third-order valence-electron chi connectivity index (χ3n) is 6.49. The maximum Gasteiger partial charge on any atom is 0.159 e. The molecular formula is C32H40Cl2N2O2. The molecule has 0 saturated carbocycles. The summed E-state index contributed by atoms with van der Waals surface area (Å²) in [4.78, 5) is 15.8. The third kappa shape index (κ3) is 8.90. The quantitative estimate of drug-likeness (QED) is 0.237. The fourth-order valence-corrected chi connectivity index (χ4v) is 4.62. The minimum atomic E-state index is 0. The zero-order valence-electron chi connectivity index (χ0n) is 23.1. The normalized spacial score (nSPS) is 11.8. The van der Waals surface area contributed by atoms with Gasteiger partial charge in [-0.3, -0.25) is 4.79 Å². The summed E-state index contributed by atoms with van der Waals surface area (Å²) in [5, 5.41) is 10.4. The van der Waals surface area contributed by atoms with Gasteiger partial charge in [0.1, 0.15) is 5.75 Å². The molecule has 1 aliphatic rings. The van der Waals surface area contributed by atoms with Gasteiger partial charge in [-0.05, 0) is 120 Å². The molecule has 38 heavy (non-hydrogen) atoms. The number of aromatic hydroxyl groups is 1. The Morgan fingerprint density at radius 3 is 2.32 bits per heavy atom. The van der Waals surface area contributed by atoms with Crippen LogP contribution in [0.2, 0.25) is 5.02 Å². The summed E-state index contributed by atoms with van der Waals surface area (Å²) < 4.78 is 0. The van der Waals surface area contributed by atoms with E-state index < -0.39 is 0 Å². The average Bonchev–Trinajstić information content (AvgIpc) is 3.00. The van der Waals surface area contributed by atoms with Crippen LogP contribution in [0.3, 0.4) is 0 Å². The maximum atomic E-state index is 11.1. The molecule has 3 aromatic rings. The first-order valence-corrected chi connectivity index (χ1v) is 13.3. The Morgan fingerprint density at radius 1 is 0.974 bits per heavy atom. The topological polar surface area (TPSA) is 43.8 Å². The first-order valence-electron chi connectivity index (χ1n) is 12.9. The molecule has 0 radical (unpaired) electrons. The van der Waals surface area contributed by atoms with E-state index in [1.54, 1.807) is 18.2 Å². The van der Waals surface area contributed by atoms with Gasteiger partial charge in [-0.1, -0.05) is 47.5 Å². The molecule has 1 heterocycles. The Morgan fingerprint density at radius 2 is 1.66 bits per heavy atom.